The molecule has 0 amide bonds. The third-order valence-electron chi connectivity index (χ3n) is 2.85. The highest BCUT2D eigenvalue weighted by atomic mass is 79.9. The van der Waals surface area contributed by atoms with Crippen LogP contribution in [0.1, 0.15) is 5.56 Å². The van der Waals surface area contributed by atoms with Crippen LogP contribution in [-0.2, 0) is 6.61 Å². The molecular formula is C15H11BrO3. The molecular weight excluding hydrogens is 308 g/mol. The van der Waals surface area contributed by atoms with Crippen LogP contribution in [-0.4, -0.2) is 5.11 Å². The van der Waals surface area contributed by atoms with Crippen molar-refractivity contribution >= 4 is 26.9 Å². The van der Waals surface area contributed by atoms with E-state index in [4.69, 9.17) is 9.15 Å². The lowest BCUT2D eigenvalue weighted by Crippen LogP contribution is -1.94. The molecule has 3 rings (SSSR count). The lowest BCUT2D eigenvalue weighted by molar-refractivity contribution is 0.306. The summed E-state index contributed by atoms with van der Waals surface area (Å²) in [6, 6.07) is 12.9. The summed E-state index contributed by atoms with van der Waals surface area (Å²) in [5.41, 5.74) is 1.40. The Morgan fingerprint density at radius 3 is 2.84 bits per heavy atom. The summed E-state index contributed by atoms with van der Waals surface area (Å²) in [4.78, 5) is 0. The van der Waals surface area contributed by atoms with E-state index in [0.717, 1.165) is 21.2 Å². The SMILES string of the molecule is Oc1cccc2c(COc3cccc(Br)c3)coc12. The van der Waals surface area contributed by atoms with E-state index in [2.05, 4.69) is 15.9 Å². The number of hydrogen-bond acceptors (Lipinski definition) is 3. The Labute approximate surface area is 118 Å². The molecule has 0 aliphatic heterocycles. The van der Waals surface area contributed by atoms with Gasteiger partial charge in [-0.05, 0) is 24.3 Å². The predicted molar refractivity (Wildman–Crippen MR) is 76.4 cm³/mol. The van der Waals surface area contributed by atoms with Crippen LogP contribution in [0.25, 0.3) is 11.0 Å². The van der Waals surface area contributed by atoms with Crippen molar-refractivity contribution in [3.63, 3.8) is 0 Å². The molecule has 1 heterocycles. The average molecular weight is 319 g/mol. The number of halogens is 1. The van der Waals surface area contributed by atoms with Gasteiger partial charge in [-0.15, -0.1) is 0 Å². The van der Waals surface area contributed by atoms with Gasteiger partial charge in [-0.25, -0.2) is 0 Å². The zero-order valence-electron chi connectivity index (χ0n) is 9.97. The Morgan fingerprint density at radius 1 is 1.16 bits per heavy atom. The van der Waals surface area contributed by atoms with E-state index in [1.807, 2.05) is 30.3 Å². The second kappa shape index (κ2) is 4.97. The maximum Gasteiger partial charge on any atom is 0.175 e. The van der Waals surface area contributed by atoms with Crippen LogP contribution in [0.2, 0.25) is 0 Å². The average Bonchev–Trinajstić information content (AvgIpc) is 2.81. The summed E-state index contributed by atoms with van der Waals surface area (Å²) in [6.07, 6.45) is 1.61. The fourth-order valence-corrected chi connectivity index (χ4v) is 2.30. The van der Waals surface area contributed by atoms with Crippen molar-refractivity contribution in [3.8, 4) is 11.5 Å². The van der Waals surface area contributed by atoms with Crippen LogP contribution in [0, 0.1) is 0 Å². The molecule has 19 heavy (non-hydrogen) atoms. The normalized spacial score (nSPS) is 10.8. The van der Waals surface area contributed by atoms with E-state index in [1.165, 1.54) is 0 Å². The Hall–Kier alpha value is -1.94. The quantitative estimate of drug-likeness (QED) is 0.774. The Balaban J connectivity index is 1.84. The molecule has 0 spiro atoms. The van der Waals surface area contributed by atoms with Gasteiger partial charge < -0.3 is 14.3 Å². The fraction of sp³-hybridized carbons (Fsp3) is 0.0667. The maximum absolute atomic E-state index is 9.67. The number of hydrogen-bond donors (Lipinski definition) is 1. The largest absolute Gasteiger partial charge is 0.504 e. The van der Waals surface area contributed by atoms with E-state index in [-0.39, 0.29) is 5.75 Å². The van der Waals surface area contributed by atoms with Gasteiger partial charge in [0, 0.05) is 15.4 Å². The molecule has 1 N–H and O–H groups in total. The summed E-state index contributed by atoms with van der Waals surface area (Å²) < 4.78 is 12.0. The topological polar surface area (TPSA) is 42.6 Å². The molecule has 0 saturated heterocycles. The highest BCUT2D eigenvalue weighted by Crippen LogP contribution is 2.29. The molecule has 4 heteroatoms. The first kappa shape index (κ1) is 12.1. The highest BCUT2D eigenvalue weighted by molar-refractivity contribution is 9.10. The number of phenolic OH excluding ortho intramolecular Hbond substituents is 1. The first-order valence-electron chi connectivity index (χ1n) is 5.80. The van der Waals surface area contributed by atoms with Crippen LogP contribution in [0.3, 0.4) is 0 Å². The van der Waals surface area contributed by atoms with E-state index in [1.54, 1.807) is 18.4 Å². The van der Waals surface area contributed by atoms with E-state index < -0.39 is 0 Å². The molecule has 0 atom stereocenters. The first-order valence-corrected chi connectivity index (χ1v) is 6.60. The van der Waals surface area contributed by atoms with Crippen molar-refractivity contribution < 1.29 is 14.3 Å². The second-order valence-corrected chi connectivity index (χ2v) is 5.08. The number of rotatable bonds is 3. The molecule has 0 aliphatic carbocycles. The number of ether oxygens (including phenoxy) is 1. The van der Waals surface area contributed by atoms with Crippen molar-refractivity contribution in [2.45, 2.75) is 6.61 Å². The molecule has 3 aromatic rings. The number of para-hydroxylation sites is 1. The second-order valence-electron chi connectivity index (χ2n) is 4.16. The van der Waals surface area contributed by atoms with Gasteiger partial charge in [0.1, 0.15) is 12.4 Å². The van der Waals surface area contributed by atoms with Crippen LogP contribution >= 0.6 is 15.9 Å². The Morgan fingerprint density at radius 2 is 2.00 bits per heavy atom. The van der Waals surface area contributed by atoms with E-state index >= 15 is 0 Å². The minimum absolute atomic E-state index is 0.145. The molecule has 1 aromatic heterocycles. The van der Waals surface area contributed by atoms with Crippen molar-refractivity contribution in [3.05, 3.63) is 58.8 Å². The molecule has 96 valence electrons. The Kier molecular flexibility index (Phi) is 3.17. The standard InChI is InChI=1S/C15H11BrO3/c16-11-3-1-4-12(7-11)18-8-10-9-19-15-13(10)5-2-6-14(15)17/h1-7,9,17H,8H2. The van der Waals surface area contributed by atoms with Crippen molar-refractivity contribution in [1.82, 2.24) is 0 Å². The number of phenols is 1. The van der Waals surface area contributed by atoms with Crippen LogP contribution in [0.4, 0.5) is 0 Å². The number of furan rings is 1. The van der Waals surface area contributed by atoms with Crippen LogP contribution in [0.15, 0.2) is 57.6 Å². The summed E-state index contributed by atoms with van der Waals surface area (Å²) in [5.74, 6) is 0.926. The highest BCUT2D eigenvalue weighted by Gasteiger charge is 2.09. The third kappa shape index (κ3) is 2.44. The number of benzene rings is 2. The van der Waals surface area contributed by atoms with Crippen molar-refractivity contribution in [2.75, 3.05) is 0 Å². The van der Waals surface area contributed by atoms with Crippen LogP contribution in [0.5, 0.6) is 11.5 Å². The van der Waals surface area contributed by atoms with Gasteiger partial charge in [-0.1, -0.05) is 34.1 Å². The number of aromatic hydroxyl groups is 1. The van der Waals surface area contributed by atoms with Gasteiger partial charge in [0.25, 0.3) is 0 Å². The lowest BCUT2D eigenvalue weighted by atomic mass is 10.2. The smallest absolute Gasteiger partial charge is 0.175 e. The fourth-order valence-electron chi connectivity index (χ4n) is 1.92. The van der Waals surface area contributed by atoms with Crippen molar-refractivity contribution in [1.29, 1.82) is 0 Å². The van der Waals surface area contributed by atoms with Gasteiger partial charge in [-0.2, -0.15) is 0 Å². The van der Waals surface area contributed by atoms with Crippen molar-refractivity contribution in [2.24, 2.45) is 0 Å². The van der Waals surface area contributed by atoms with E-state index in [0.29, 0.717) is 12.2 Å². The minimum atomic E-state index is 0.145. The first-order chi connectivity index (χ1) is 9.24. The third-order valence-corrected chi connectivity index (χ3v) is 3.34. The van der Waals surface area contributed by atoms with Gasteiger partial charge in [0.2, 0.25) is 0 Å². The molecule has 0 unspecified atom stereocenters. The van der Waals surface area contributed by atoms with Gasteiger partial charge in [0.15, 0.2) is 11.3 Å². The molecule has 0 saturated carbocycles. The summed E-state index contributed by atoms with van der Waals surface area (Å²) >= 11 is 3.40. The summed E-state index contributed by atoms with van der Waals surface area (Å²) in [6.45, 7) is 0.396. The zero-order chi connectivity index (χ0) is 13.2. The molecule has 0 bridgehead atoms. The molecule has 0 radical (unpaired) electrons. The summed E-state index contributed by atoms with van der Waals surface area (Å²) in [7, 11) is 0. The van der Waals surface area contributed by atoms with E-state index in [9.17, 15) is 5.11 Å². The van der Waals surface area contributed by atoms with Gasteiger partial charge in [-0.3, -0.25) is 0 Å². The predicted octanol–water partition coefficient (Wildman–Crippen LogP) is 4.48. The zero-order valence-corrected chi connectivity index (χ0v) is 11.6. The molecule has 3 nitrogen and oxygen atoms in total. The van der Waals surface area contributed by atoms with Gasteiger partial charge in [0.05, 0.1) is 6.26 Å². The maximum atomic E-state index is 9.67. The monoisotopic (exact) mass is 318 g/mol. The minimum Gasteiger partial charge on any atom is -0.504 e. The molecule has 0 fully saturated rings. The summed E-state index contributed by atoms with van der Waals surface area (Å²) in [5, 5.41) is 10.5. The molecule has 0 aliphatic rings. The van der Waals surface area contributed by atoms with Crippen LogP contribution < -0.4 is 4.74 Å². The number of fused-ring (bicyclic) bond motifs is 1. The molecule has 2 aromatic carbocycles. The Bertz CT molecular complexity index is 718. The van der Waals surface area contributed by atoms with Gasteiger partial charge >= 0.3 is 0 Å². The lowest BCUT2D eigenvalue weighted by Gasteiger charge is -2.05.